The number of nitrogens with two attached hydrogens (primary N) is 1. The molecule has 0 unspecified atom stereocenters. The van der Waals surface area contributed by atoms with Crippen LogP contribution in [0.2, 0.25) is 0 Å². The Morgan fingerprint density at radius 2 is 1.73 bits per heavy atom. The van der Waals surface area contributed by atoms with E-state index < -0.39 is 15.1 Å². The predicted molar refractivity (Wildman–Crippen MR) is 56.7 cm³/mol. The lowest BCUT2D eigenvalue weighted by Crippen LogP contribution is -1.99. The number of rotatable bonds is 1. The summed E-state index contributed by atoms with van der Waals surface area (Å²) in [7, 11) is -4.75. The van der Waals surface area contributed by atoms with E-state index in [0.29, 0.717) is 5.39 Å². The van der Waals surface area contributed by atoms with Gasteiger partial charge >= 0.3 is 10.2 Å². The lowest BCUT2D eigenvalue weighted by Gasteiger charge is -2.05. The van der Waals surface area contributed by atoms with Crippen molar-refractivity contribution in [3.05, 3.63) is 36.4 Å². The topological polar surface area (TPSA) is 60.2 Å². The molecule has 0 saturated carbocycles. The molecule has 3 nitrogen and oxygen atoms in total. The average molecular weight is 225 g/mol. The fraction of sp³-hybridized carbons (Fsp3) is 0. The summed E-state index contributed by atoms with van der Waals surface area (Å²) < 4.78 is 34.3. The molecular formula is C10H8FNO2S. The highest BCUT2D eigenvalue weighted by atomic mass is 32.3. The molecule has 0 amide bonds. The van der Waals surface area contributed by atoms with Gasteiger partial charge in [-0.1, -0.05) is 30.3 Å². The Labute approximate surface area is 86.5 Å². The molecule has 0 fully saturated rings. The van der Waals surface area contributed by atoms with E-state index in [-0.39, 0.29) is 5.69 Å². The lowest BCUT2D eigenvalue weighted by molar-refractivity contribution is 0.552. The Balaban J connectivity index is 2.88. The zero-order valence-electron chi connectivity index (χ0n) is 7.64. The van der Waals surface area contributed by atoms with Crippen molar-refractivity contribution in [2.75, 3.05) is 5.73 Å². The zero-order valence-corrected chi connectivity index (χ0v) is 8.46. The van der Waals surface area contributed by atoms with Crippen molar-refractivity contribution in [2.45, 2.75) is 4.90 Å². The van der Waals surface area contributed by atoms with Gasteiger partial charge in [0.1, 0.15) is 4.90 Å². The first-order chi connectivity index (χ1) is 7.00. The van der Waals surface area contributed by atoms with Gasteiger partial charge in [-0.3, -0.25) is 0 Å². The first-order valence-electron chi connectivity index (χ1n) is 4.22. The van der Waals surface area contributed by atoms with Crippen LogP contribution in [0.3, 0.4) is 0 Å². The Hall–Kier alpha value is -1.62. The van der Waals surface area contributed by atoms with E-state index in [4.69, 9.17) is 5.73 Å². The maximum Gasteiger partial charge on any atom is 0.334 e. The number of fused-ring (bicyclic) bond motifs is 1. The fourth-order valence-electron chi connectivity index (χ4n) is 1.49. The van der Waals surface area contributed by atoms with Crippen LogP contribution in [0.1, 0.15) is 0 Å². The van der Waals surface area contributed by atoms with Gasteiger partial charge in [0.2, 0.25) is 0 Å². The van der Waals surface area contributed by atoms with Crippen LogP contribution in [0.25, 0.3) is 10.8 Å². The van der Waals surface area contributed by atoms with Gasteiger partial charge < -0.3 is 5.73 Å². The van der Waals surface area contributed by atoms with Crippen molar-refractivity contribution in [3.63, 3.8) is 0 Å². The van der Waals surface area contributed by atoms with Gasteiger partial charge in [0.15, 0.2) is 0 Å². The molecule has 78 valence electrons. The molecule has 5 heteroatoms. The van der Waals surface area contributed by atoms with E-state index in [1.807, 2.05) is 0 Å². The van der Waals surface area contributed by atoms with E-state index in [0.717, 1.165) is 5.39 Å². The second-order valence-electron chi connectivity index (χ2n) is 3.14. The number of hydrogen-bond donors (Lipinski definition) is 1. The number of nitrogen functional groups attached to an aromatic ring is 1. The number of hydrogen-bond acceptors (Lipinski definition) is 3. The van der Waals surface area contributed by atoms with Crippen LogP contribution in [0, 0.1) is 0 Å². The highest BCUT2D eigenvalue weighted by Crippen LogP contribution is 2.28. The monoisotopic (exact) mass is 225 g/mol. The molecule has 2 N–H and O–H groups in total. The molecule has 0 aliphatic carbocycles. The molecule has 0 bridgehead atoms. The van der Waals surface area contributed by atoms with Crippen molar-refractivity contribution in [2.24, 2.45) is 0 Å². The number of benzene rings is 2. The molecule has 2 aromatic carbocycles. The quantitative estimate of drug-likeness (QED) is 0.597. The van der Waals surface area contributed by atoms with Gasteiger partial charge in [0.05, 0.1) is 5.69 Å². The van der Waals surface area contributed by atoms with Gasteiger partial charge in [0.25, 0.3) is 0 Å². The summed E-state index contributed by atoms with van der Waals surface area (Å²) in [6.07, 6.45) is 0. The van der Waals surface area contributed by atoms with Crippen molar-refractivity contribution in [3.8, 4) is 0 Å². The maximum absolute atomic E-state index is 12.8. The molecule has 0 aliphatic heterocycles. The molecule has 0 aliphatic rings. The smallest absolute Gasteiger partial charge is 0.334 e. The molecule has 2 aromatic rings. The summed E-state index contributed by atoms with van der Waals surface area (Å²) in [6.45, 7) is 0. The average Bonchev–Trinajstić information content (AvgIpc) is 2.16. The van der Waals surface area contributed by atoms with E-state index in [9.17, 15) is 12.3 Å². The maximum atomic E-state index is 12.8. The van der Waals surface area contributed by atoms with Gasteiger partial charge in [0, 0.05) is 5.39 Å². The normalized spacial score (nSPS) is 11.8. The van der Waals surface area contributed by atoms with E-state index in [1.165, 1.54) is 12.1 Å². The fourth-order valence-corrected chi connectivity index (χ4v) is 2.09. The molecule has 0 saturated heterocycles. The van der Waals surface area contributed by atoms with E-state index in [1.54, 1.807) is 24.3 Å². The van der Waals surface area contributed by atoms with E-state index >= 15 is 0 Å². The SMILES string of the molecule is Nc1c(S(=O)(=O)F)ccc2ccccc12. The lowest BCUT2D eigenvalue weighted by atomic mass is 10.1. The van der Waals surface area contributed by atoms with Crippen LogP contribution in [-0.2, 0) is 10.2 Å². The van der Waals surface area contributed by atoms with Crippen molar-refractivity contribution in [1.82, 2.24) is 0 Å². The molecule has 0 aromatic heterocycles. The molecule has 0 radical (unpaired) electrons. The highest BCUT2D eigenvalue weighted by molar-refractivity contribution is 7.86. The van der Waals surface area contributed by atoms with Crippen molar-refractivity contribution >= 4 is 26.7 Å². The van der Waals surface area contributed by atoms with Crippen LogP contribution in [-0.4, -0.2) is 8.42 Å². The molecule has 15 heavy (non-hydrogen) atoms. The van der Waals surface area contributed by atoms with Crippen LogP contribution in [0.4, 0.5) is 9.57 Å². The summed E-state index contributed by atoms with van der Waals surface area (Å²) in [5, 5.41) is 1.32. The minimum atomic E-state index is -4.75. The zero-order chi connectivity index (χ0) is 11.1. The standard InChI is InChI=1S/C10H8FNO2S/c11-15(13,14)9-6-5-7-3-1-2-4-8(7)10(9)12/h1-6H,12H2. The Bertz CT molecular complexity index is 622. The predicted octanol–water partition coefficient (Wildman–Crippen LogP) is 2.08. The molecular weight excluding hydrogens is 217 g/mol. The third kappa shape index (κ3) is 1.66. The molecule has 0 spiro atoms. The van der Waals surface area contributed by atoms with Gasteiger partial charge in [-0.15, -0.1) is 3.89 Å². The van der Waals surface area contributed by atoms with Gasteiger partial charge in [-0.05, 0) is 11.5 Å². The second kappa shape index (κ2) is 3.20. The molecule has 0 atom stereocenters. The Morgan fingerprint density at radius 1 is 1.07 bits per heavy atom. The minimum absolute atomic E-state index is 0.0457. The third-order valence-electron chi connectivity index (χ3n) is 2.19. The Kier molecular flexibility index (Phi) is 2.12. The molecule has 2 rings (SSSR count). The van der Waals surface area contributed by atoms with Crippen molar-refractivity contribution in [1.29, 1.82) is 0 Å². The number of halogens is 1. The van der Waals surface area contributed by atoms with Crippen LogP contribution >= 0.6 is 0 Å². The molecule has 0 heterocycles. The number of anilines is 1. The second-order valence-corrected chi connectivity index (χ2v) is 4.45. The van der Waals surface area contributed by atoms with Crippen molar-refractivity contribution < 1.29 is 12.3 Å². The summed E-state index contributed by atoms with van der Waals surface area (Å²) in [6, 6.07) is 9.64. The van der Waals surface area contributed by atoms with Gasteiger partial charge in [-0.2, -0.15) is 8.42 Å². The third-order valence-corrected chi connectivity index (χ3v) is 3.07. The minimum Gasteiger partial charge on any atom is -0.397 e. The van der Waals surface area contributed by atoms with E-state index in [2.05, 4.69) is 0 Å². The summed E-state index contributed by atoms with van der Waals surface area (Å²) in [5.41, 5.74) is 5.54. The summed E-state index contributed by atoms with van der Waals surface area (Å²) in [5.74, 6) is 0. The largest absolute Gasteiger partial charge is 0.397 e. The van der Waals surface area contributed by atoms with Gasteiger partial charge in [-0.25, -0.2) is 0 Å². The first kappa shape index (κ1) is 9.92. The highest BCUT2D eigenvalue weighted by Gasteiger charge is 2.17. The van der Waals surface area contributed by atoms with Crippen LogP contribution in [0.5, 0.6) is 0 Å². The summed E-state index contributed by atoms with van der Waals surface area (Å²) >= 11 is 0. The summed E-state index contributed by atoms with van der Waals surface area (Å²) in [4.78, 5) is -0.471. The Morgan fingerprint density at radius 3 is 2.40 bits per heavy atom. The van der Waals surface area contributed by atoms with Crippen LogP contribution < -0.4 is 5.73 Å². The van der Waals surface area contributed by atoms with Crippen LogP contribution in [0.15, 0.2) is 41.3 Å². The first-order valence-corrected chi connectivity index (χ1v) is 5.60.